The van der Waals surface area contributed by atoms with Crippen molar-refractivity contribution in [1.29, 1.82) is 0 Å². The molecule has 2 atom stereocenters. The van der Waals surface area contributed by atoms with Crippen LogP contribution in [-0.2, 0) is 19.1 Å². The van der Waals surface area contributed by atoms with E-state index < -0.39 is 29.9 Å². The molecule has 0 aromatic heterocycles. The van der Waals surface area contributed by atoms with Crippen molar-refractivity contribution in [2.45, 2.75) is 31.8 Å². The van der Waals surface area contributed by atoms with E-state index in [2.05, 4.69) is 10.1 Å². The molecule has 0 aromatic rings. The van der Waals surface area contributed by atoms with Crippen molar-refractivity contribution in [3.63, 3.8) is 0 Å². The Kier molecular flexibility index (Phi) is 6.09. The number of rotatable bonds is 6. The Bertz CT molecular complexity index is 279. The van der Waals surface area contributed by atoms with Crippen molar-refractivity contribution in [1.82, 2.24) is 5.32 Å². The van der Waals surface area contributed by atoms with Gasteiger partial charge in [-0.25, -0.2) is 4.79 Å². The van der Waals surface area contributed by atoms with Crippen LogP contribution in [0.1, 0.15) is 19.8 Å². The molecule has 0 saturated heterocycles. The van der Waals surface area contributed by atoms with Gasteiger partial charge in [0.15, 0.2) is 0 Å². The quantitative estimate of drug-likeness (QED) is 0.498. The van der Waals surface area contributed by atoms with Gasteiger partial charge in [-0.1, -0.05) is 0 Å². The minimum Gasteiger partial charge on any atom is -0.481 e. The van der Waals surface area contributed by atoms with Crippen molar-refractivity contribution >= 4 is 17.8 Å². The van der Waals surface area contributed by atoms with Gasteiger partial charge in [0.2, 0.25) is 5.91 Å². The molecule has 0 aliphatic rings. The van der Waals surface area contributed by atoms with E-state index in [-0.39, 0.29) is 12.8 Å². The van der Waals surface area contributed by atoms with Gasteiger partial charge in [-0.3, -0.25) is 9.59 Å². The number of aliphatic carboxylic acids is 1. The number of carbonyl (C=O) groups excluding carboxylic acids is 2. The van der Waals surface area contributed by atoms with Gasteiger partial charge in [-0.2, -0.15) is 0 Å². The van der Waals surface area contributed by atoms with E-state index in [1.54, 1.807) is 0 Å². The van der Waals surface area contributed by atoms with Gasteiger partial charge in [-0.15, -0.1) is 0 Å². The third-order valence-corrected chi connectivity index (χ3v) is 1.92. The average Bonchev–Trinajstić information content (AvgIpc) is 2.24. The molecule has 0 radical (unpaired) electrons. The summed E-state index contributed by atoms with van der Waals surface area (Å²) in [7, 11) is 1.20. The van der Waals surface area contributed by atoms with Crippen LogP contribution in [0.25, 0.3) is 0 Å². The van der Waals surface area contributed by atoms with Crippen molar-refractivity contribution < 1.29 is 24.2 Å². The highest BCUT2D eigenvalue weighted by atomic mass is 16.5. The van der Waals surface area contributed by atoms with E-state index in [0.717, 1.165) is 0 Å². The molecule has 7 nitrogen and oxygen atoms in total. The molecular weight excluding hydrogens is 216 g/mol. The van der Waals surface area contributed by atoms with E-state index in [9.17, 15) is 14.4 Å². The SMILES string of the molecule is COC(=O)[C@H](C)NC(=O)[C@@H](N)CCC(=O)O. The van der Waals surface area contributed by atoms with Crippen LogP contribution in [-0.4, -0.2) is 42.1 Å². The van der Waals surface area contributed by atoms with Crippen LogP contribution in [0.5, 0.6) is 0 Å². The van der Waals surface area contributed by atoms with Crippen molar-refractivity contribution in [3.05, 3.63) is 0 Å². The molecule has 0 aliphatic heterocycles. The van der Waals surface area contributed by atoms with E-state index >= 15 is 0 Å². The van der Waals surface area contributed by atoms with E-state index in [1.807, 2.05) is 0 Å². The summed E-state index contributed by atoms with van der Waals surface area (Å²) in [5.74, 6) is -2.18. The molecule has 0 rings (SSSR count). The fourth-order valence-electron chi connectivity index (χ4n) is 0.966. The second-order valence-corrected chi connectivity index (χ2v) is 3.29. The molecule has 4 N–H and O–H groups in total. The monoisotopic (exact) mass is 232 g/mol. The topological polar surface area (TPSA) is 119 Å². The van der Waals surface area contributed by atoms with Crippen molar-refractivity contribution in [3.8, 4) is 0 Å². The van der Waals surface area contributed by atoms with Gasteiger partial charge < -0.3 is 20.9 Å². The zero-order valence-corrected chi connectivity index (χ0v) is 9.23. The van der Waals surface area contributed by atoms with Crippen LogP contribution < -0.4 is 11.1 Å². The summed E-state index contributed by atoms with van der Waals surface area (Å²) < 4.78 is 4.40. The average molecular weight is 232 g/mol. The highest BCUT2D eigenvalue weighted by Gasteiger charge is 2.20. The Morgan fingerprint density at radius 2 is 2.00 bits per heavy atom. The number of nitrogens with one attached hydrogen (secondary N) is 1. The van der Waals surface area contributed by atoms with Gasteiger partial charge in [0.05, 0.1) is 13.2 Å². The number of amides is 1. The lowest BCUT2D eigenvalue weighted by molar-refractivity contribution is -0.145. The van der Waals surface area contributed by atoms with Crippen LogP contribution in [0.2, 0.25) is 0 Å². The second-order valence-electron chi connectivity index (χ2n) is 3.29. The smallest absolute Gasteiger partial charge is 0.328 e. The summed E-state index contributed by atoms with van der Waals surface area (Å²) in [5.41, 5.74) is 5.43. The fraction of sp³-hybridized carbons (Fsp3) is 0.667. The van der Waals surface area contributed by atoms with Crippen LogP contribution >= 0.6 is 0 Å². The summed E-state index contributed by atoms with van der Waals surface area (Å²) in [6.07, 6.45) is -0.170. The Morgan fingerprint density at radius 1 is 1.44 bits per heavy atom. The van der Waals surface area contributed by atoms with Crippen LogP contribution in [0.4, 0.5) is 0 Å². The predicted molar refractivity (Wildman–Crippen MR) is 54.5 cm³/mol. The second kappa shape index (κ2) is 6.78. The van der Waals surface area contributed by atoms with Crippen molar-refractivity contribution in [2.75, 3.05) is 7.11 Å². The molecule has 0 spiro atoms. The van der Waals surface area contributed by atoms with E-state index in [4.69, 9.17) is 10.8 Å². The number of carboxylic acids is 1. The van der Waals surface area contributed by atoms with Gasteiger partial charge in [-0.05, 0) is 13.3 Å². The molecule has 0 heterocycles. The van der Waals surface area contributed by atoms with Crippen LogP contribution in [0, 0.1) is 0 Å². The van der Waals surface area contributed by atoms with E-state index in [0.29, 0.717) is 0 Å². The maximum absolute atomic E-state index is 11.3. The maximum Gasteiger partial charge on any atom is 0.328 e. The number of hydrogen-bond acceptors (Lipinski definition) is 5. The zero-order valence-electron chi connectivity index (χ0n) is 9.23. The van der Waals surface area contributed by atoms with Gasteiger partial charge in [0.1, 0.15) is 6.04 Å². The third kappa shape index (κ3) is 5.30. The number of esters is 1. The van der Waals surface area contributed by atoms with Crippen molar-refractivity contribution in [2.24, 2.45) is 5.73 Å². The summed E-state index contributed by atoms with van der Waals surface area (Å²) in [6.45, 7) is 1.45. The molecule has 92 valence electrons. The predicted octanol–water partition coefficient (Wildman–Crippen LogP) is -1.14. The summed E-state index contributed by atoms with van der Waals surface area (Å²) >= 11 is 0. The van der Waals surface area contributed by atoms with Crippen LogP contribution in [0.3, 0.4) is 0 Å². The Labute approximate surface area is 92.9 Å². The molecule has 0 aromatic carbocycles. The number of hydrogen-bond donors (Lipinski definition) is 3. The molecule has 16 heavy (non-hydrogen) atoms. The molecule has 0 bridgehead atoms. The van der Waals surface area contributed by atoms with Gasteiger partial charge in [0.25, 0.3) is 0 Å². The molecule has 7 heteroatoms. The Morgan fingerprint density at radius 3 is 2.44 bits per heavy atom. The molecule has 0 unspecified atom stereocenters. The van der Waals surface area contributed by atoms with E-state index in [1.165, 1.54) is 14.0 Å². The largest absolute Gasteiger partial charge is 0.481 e. The van der Waals surface area contributed by atoms with Gasteiger partial charge >= 0.3 is 11.9 Å². The third-order valence-electron chi connectivity index (χ3n) is 1.92. The number of carboxylic acid groups (broad SMARTS) is 1. The zero-order chi connectivity index (χ0) is 12.7. The highest BCUT2D eigenvalue weighted by Crippen LogP contribution is 1.96. The molecule has 1 amide bonds. The Hall–Kier alpha value is -1.63. The number of ether oxygens (including phenoxy) is 1. The van der Waals surface area contributed by atoms with Gasteiger partial charge in [0, 0.05) is 6.42 Å². The summed E-state index contributed by atoms with van der Waals surface area (Å²) in [4.78, 5) is 32.6. The number of carbonyl (C=O) groups is 3. The summed E-state index contributed by atoms with van der Waals surface area (Å²) in [5, 5.41) is 10.7. The Balaban J connectivity index is 4.04. The number of methoxy groups -OCH3 is 1. The first-order valence-electron chi connectivity index (χ1n) is 4.74. The highest BCUT2D eigenvalue weighted by molar-refractivity contribution is 5.87. The normalized spacial score (nSPS) is 13.7. The maximum atomic E-state index is 11.3. The lowest BCUT2D eigenvalue weighted by atomic mass is 10.1. The lowest BCUT2D eigenvalue weighted by Crippen LogP contribution is -2.47. The first kappa shape index (κ1) is 14.4. The first-order chi connectivity index (χ1) is 7.38. The molecule has 0 saturated carbocycles. The lowest BCUT2D eigenvalue weighted by Gasteiger charge is -2.15. The standard InChI is InChI=1S/C9H16N2O5/c1-5(9(15)16-2)11-8(14)6(10)3-4-7(12)13/h5-6H,3-4,10H2,1-2H3,(H,11,14)(H,12,13)/t5-,6-/m0/s1. The first-order valence-corrected chi connectivity index (χ1v) is 4.74. The number of nitrogens with two attached hydrogens (primary N) is 1. The molecule has 0 fully saturated rings. The van der Waals surface area contributed by atoms with Crippen LogP contribution in [0.15, 0.2) is 0 Å². The minimum atomic E-state index is -1.02. The fourth-order valence-corrected chi connectivity index (χ4v) is 0.966. The molecular formula is C9H16N2O5. The summed E-state index contributed by atoms with van der Waals surface area (Å²) in [6, 6.07) is -1.74. The molecule has 0 aliphatic carbocycles. The minimum absolute atomic E-state index is 0.0229.